The number of nitrogens with two attached hydrogens (primary N) is 1. The van der Waals surface area contributed by atoms with E-state index in [0.717, 1.165) is 0 Å². The van der Waals surface area contributed by atoms with Gasteiger partial charge in [-0.25, -0.2) is 9.97 Å². The predicted molar refractivity (Wildman–Crippen MR) is 76.3 cm³/mol. The molecule has 1 atom stereocenters. The van der Waals surface area contributed by atoms with E-state index in [9.17, 15) is 5.11 Å². The summed E-state index contributed by atoms with van der Waals surface area (Å²) in [4.78, 5) is 8.46. The molecule has 2 rings (SSSR count). The van der Waals surface area contributed by atoms with E-state index in [1.54, 1.807) is 24.4 Å². The lowest BCUT2D eigenvalue weighted by Gasteiger charge is -2.09. The van der Waals surface area contributed by atoms with Gasteiger partial charge in [-0.2, -0.15) is 0 Å². The van der Waals surface area contributed by atoms with E-state index in [1.165, 1.54) is 6.07 Å². The van der Waals surface area contributed by atoms with Crippen LogP contribution in [-0.2, 0) is 0 Å². The molecule has 1 aromatic carbocycles. The van der Waals surface area contributed by atoms with Gasteiger partial charge >= 0.3 is 0 Å². The van der Waals surface area contributed by atoms with Gasteiger partial charge in [-0.3, -0.25) is 0 Å². The maximum Gasteiger partial charge on any atom is 0.165 e. The number of hydrogen-bond donors (Lipinski definition) is 3. The van der Waals surface area contributed by atoms with Gasteiger partial charge in [0.2, 0.25) is 0 Å². The number of aromatic hydroxyl groups is 1. The molecule has 1 aromatic heterocycles. The maximum absolute atomic E-state index is 9.82. The molecule has 0 unspecified atom stereocenters. The highest BCUT2D eigenvalue weighted by atomic mass is 35.5. The molecule has 100 valence electrons. The van der Waals surface area contributed by atoms with E-state index < -0.39 is 0 Å². The number of phenolic OH excluding ortho intramolecular Hbond substituents is 1. The summed E-state index contributed by atoms with van der Waals surface area (Å²) in [5, 5.41) is 13.4. The number of phenols is 1. The molecule has 4 N–H and O–H groups in total. The smallest absolute Gasteiger partial charge is 0.165 e. The van der Waals surface area contributed by atoms with Crippen molar-refractivity contribution in [3.05, 3.63) is 35.5 Å². The van der Waals surface area contributed by atoms with E-state index in [4.69, 9.17) is 17.3 Å². The van der Waals surface area contributed by atoms with E-state index in [2.05, 4.69) is 15.3 Å². The largest absolute Gasteiger partial charge is 0.507 e. The molecule has 0 spiro atoms. The molecule has 1 heterocycles. The molecular formula is C13H15ClN4O. The average Bonchev–Trinajstić information content (AvgIpc) is 2.39. The van der Waals surface area contributed by atoms with Gasteiger partial charge in [-0.15, -0.1) is 0 Å². The Labute approximate surface area is 116 Å². The summed E-state index contributed by atoms with van der Waals surface area (Å²) < 4.78 is 0. The molecule has 0 aliphatic rings. The quantitative estimate of drug-likeness (QED) is 0.799. The fourth-order valence-electron chi connectivity index (χ4n) is 1.54. The van der Waals surface area contributed by atoms with Crippen molar-refractivity contribution in [2.45, 2.75) is 13.0 Å². The molecule has 0 bridgehead atoms. The highest BCUT2D eigenvalue weighted by Crippen LogP contribution is 2.29. The number of nitrogens with zero attached hydrogens (tertiary/aromatic N) is 2. The molecule has 0 aliphatic heterocycles. The van der Waals surface area contributed by atoms with Crippen LogP contribution >= 0.6 is 11.6 Å². The third kappa shape index (κ3) is 3.56. The van der Waals surface area contributed by atoms with Gasteiger partial charge < -0.3 is 16.2 Å². The van der Waals surface area contributed by atoms with Crippen LogP contribution < -0.4 is 11.1 Å². The highest BCUT2D eigenvalue weighted by Gasteiger charge is 2.09. The summed E-state index contributed by atoms with van der Waals surface area (Å²) in [6.07, 6.45) is 1.62. The lowest BCUT2D eigenvalue weighted by molar-refractivity contribution is 0.477. The molecule has 0 aliphatic carbocycles. The Morgan fingerprint density at radius 3 is 2.95 bits per heavy atom. The second kappa shape index (κ2) is 5.86. The van der Waals surface area contributed by atoms with Crippen LogP contribution in [0.2, 0.25) is 5.02 Å². The molecule has 0 radical (unpaired) electrons. The Morgan fingerprint density at radius 2 is 2.21 bits per heavy atom. The summed E-state index contributed by atoms with van der Waals surface area (Å²) in [6.45, 7) is 2.51. The van der Waals surface area contributed by atoms with Gasteiger partial charge in [0.15, 0.2) is 5.82 Å². The maximum atomic E-state index is 9.82. The van der Waals surface area contributed by atoms with Gasteiger partial charge in [0.25, 0.3) is 0 Å². The van der Waals surface area contributed by atoms with Crippen LogP contribution in [-0.4, -0.2) is 27.7 Å². The van der Waals surface area contributed by atoms with Crippen LogP contribution in [0.15, 0.2) is 30.5 Å². The first-order chi connectivity index (χ1) is 9.06. The Hall–Kier alpha value is -1.85. The zero-order valence-electron chi connectivity index (χ0n) is 10.5. The third-order valence-electron chi connectivity index (χ3n) is 2.46. The van der Waals surface area contributed by atoms with E-state index in [0.29, 0.717) is 28.8 Å². The van der Waals surface area contributed by atoms with Crippen molar-refractivity contribution in [3.63, 3.8) is 0 Å². The topological polar surface area (TPSA) is 84.1 Å². The first kappa shape index (κ1) is 13.6. The summed E-state index contributed by atoms with van der Waals surface area (Å²) in [7, 11) is 0. The summed E-state index contributed by atoms with van der Waals surface area (Å²) >= 11 is 5.91. The molecule has 0 amide bonds. The number of anilines is 1. The fourth-order valence-corrected chi connectivity index (χ4v) is 1.71. The van der Waals surface area contributed by atoms with Crippen molar-refractivity contribution >= 4 is 17.4 Å². The van der Waals surface area contributed by atoms with Crippen molar-refractivity contribution in [1.82, 2.24) is 9.97 Å². The summed E-state index contributed by atoms with van der Waals surface area (Å²) in [5.74, 6) is 1.16. The fraction of sp³-hybridized carbons (Fsp3) is 0.231. The van der Waals surface area contributed by atoms with Crippen LogP contribution in [0.25, 0.3) is 11.4 Å². The Morgan fingerprint density at radius 1 is 1.42 bits per heavy atom. The average molecular weight is 279 g/mol. The van der Waals surface area contributed by atoms with Gasteiger partial charge in [0.05, 0.1) is 5.56 Å². The molecule has 19 heavy (non-hydrogen) atoms. The van der Waals surface area contributed by atoms with Crippen molar-refractivity contribution in [1.29, 1.82) is 0 Å². The molecule has 0 saturated heterocycles. The van der Waals surface area contributed by atoms with E-state index in [1.807, 2.05) is 6.92 Å². The minimum Gasteiger partial charge on any atom is -0.507 e. The van der Waals surface area contributed by atoms with Crippen molar-refractivity contribution < 1.29 is 5.11 Å². The van der Waals surface area contributed by atoms with Gasteiger partial charge in [-0.05, 0) is 31.2 Å². The van der Waals surface area contributed by atoms with E-state index >= 15 is 0 Å². The lowest BCUT2D eigenvalue weighted by atomic mass is 10.2. The Bertz CT molecular complexity index is 574. The van der Waals surface area contributed by atoms with Crippen LogP contribution in [0.5, 0.6) is 5.75 Å². The third-order valence-corrected chi connectivity index (χ3v) is 2.70. The molecule has 2 aromatic rings. The number of nitrogens with one attached hydrogen (secondary N) is 1. The Kier molecular flexibility index (Phi) is 4.19. The van der Waals surface area contributed by atoms with Crippen LogP contribution in [0.3, 0.4) is 0 Å². The summed E-state index contributed by atoms with van der Waals surface area (Å²) in [5.41, 5.74) is 6.17. The van der Waals surface area contributed by atoms with Crippen LogP contribution in [0, 0.1) is 0 Å². The van der Waals surface area contributed by atoms with Crippen molar-refractivity contribution in [2.75, 3.05) is 11.9 Å². The second-order valence-corrected chi connectivity index (χ2v) is 4.72. The highest BCUT2D eigenvalue weighted by molar-refractivity contribution is 6.30. The first-order valence-electron chi connectivity index (χ1n) is 5.87. The zero-order valence-corrected chi connectivity index (χ0v) is 11.2. The monoisotopic (exact) mass is 278 g/mol. The Balaban J connectivity index is 2.29. The van der Waals surface area contributed by atoms with Gasteiger partial charge in [0.1, 0.15) is 11.6 Å². The minimum atomic E-state index is 0.0259. The van der Waals surface area contributed by atoms with Crippen LogP contribution in [0.4, 0.5) is 5.82 Å². The zero-order chi connectivity index (χ0) is 13.8. The van der Waals surface area contributed by atoms with Crippen molar-refractivity contribution in [2.24, 2.45) is 5.73 Å². The first-order valence-corrected chi connectivity index (χ1v) is 6.25. The normalized spacial score (nSPS) is 12.2. The molecule has 5 nitrogen and oxygen atoms in total. The number of hydrogen-bond acceptors (Lipinski definition) is 5. The molecule has 0 saturated carbocycles. The summed E-state index contributed by atoms with van der Waals surface area (Å²) in [6, 6.07) is 6.52. The van der Waals surface area contributed by atoms with Crippen molar-refractivity contribution in [3.8, 4) is 17.1 Å². The van der Waals surface area contributed by atoms with Gasteiger partial charge in [-0.1, -0.05) is 11.6 Å². The molecule has 6 heteroatoms. The van der Waals surface area contributed by atoms with E-state index in [-0.39, 0.29) is 11.8 Å². The number of benzene rings is 1. The lowest BCUT2D eigenvalue weighted by Crippen LogP contribution is -2.25. The second-order valence-electron chi connectivity index (χ2n) is 4.29. The minimum absolute atomic E-state index is 0.0259. The SMILES string of the molecule is C[C@@H](N)CNc1ccnc(-c2cc(Cl)ccc2O)n1. The number of halogens is 1. The molecule has 0 fully saturated rings. The predicted octanol–water partition coefficient (Wildman–Crippen LogP) is 2.26. The molecular weight excluding hydrogens is 264 g/mol. The number of rotatable bonds is 4. The van der Waals surface area contributed by atoms with Crippen LogP contribution in [0.1, 0.15) is 6.92 Å². The number of aromatic nitrogens is 2. The van der Waals surface area contributed by atoms with Gasteiger partial charge in [0, 0.05) is 23.8 Å². The standard InChI is InChI=1S/C13H15ClN4O/c1-8(15)7-17-12-4-5-16-13(18-12)10-6-9(14)2-3-11(10)19/h2-6,8,19H,7,15H2,1H3,(H,16,17,18)/t8-/m1/s1.